The van der Waals surface area contributed by atoms with Gasteiger partial charge in [-0.1, -0.05) is 38.5 Å². The molecule has 0 atom stereocenters. The first-order chi connectivity index (χ1) is 9.10. The largest absolute Gasteiger partial charge is 0.360 e. The van der Waals surface area contributed by atoms with Gasteiger partial charge >= 0.3 is 0 Å². The predicted octanol–water partition coefficient (Wildman–Crippen LogP) is 3.99. The fraction of sp³-hybridized carbons (Fsp3) is 0.615. The van der Waals surface area contributed by atoms with E-state index in [0.29, 0.717) is 5.92 Å². The summed E-state index contributed by atoms with van der Waals surface area (Å²) >= 11 is 3.33. The molecule has 0 aliphatic heterocycles. The van der Waals surface area contributed by atoms with Crippen LogP contribution in [0.2, 0.25) is 0 Å². The summed E-state index contributed by atoms with van der Waals surface area (Å²) in [6.45, 7) is 9.51. The van der Waals surface area contributed by atoms with Crippen molar-refractivity contribution in [1.29, 1.82) is 0 Å². The molecule has 2 aromatic heterocycles. The Kier molecular flexibility index (Phi) is 4.87. The van der Waals surface area contributed by atoms with Crippen LogP contribution in [-0.2, 0) is 6.42 Å². The Morgan fingerprint density at radius 1 is 1.21 bits per heavy atom. The van der Waals surface area contributed by atoms with E-state index in [-0.39, 0.29) is 0 Å². The molecule has 0 aliphatic rings. The third-order valence-corrected chi connectivity index (χ3v) is 4.62. The molecule has 4 nitrogen and oxygen atoms in total. The van der Waals surface area contributed by atoms with E-state index >= 15 is 0 Å². The van der Waals surface area contributed by atoms with Gasteiger partial charge in [0.15, 0.2) is 5.01 Å². The highest BCUT2D eigenvalue weighted by Gasteiger charge is 2.15. The van der Waals surface area contributed by atoms with Crippen LogP contribution in [0.5, 0.6) is 0 Å². The number of thiazole rings is 1. The predicted molar refractivity (Wildman–Crippen MR) is 83.1 cm³/mol. The molecule has 0 bridgehead atoms. The van der Waals surface area contributed by atoms with Gasteiger partial charge in [0.1, 0.15) is 0 Å². The second kappa shape index (κ2) is 6.43. The highest BCUT2D eigenvalue weighted by atomic mass is 32.1. The zero-order valence-electron chi connectivity index (χ0n) is 11.9. The Hall–Kier alpha value is -1.01. The average molecular weight is 296 g/mol. The molecular weight excluding hydrogens is 276 g/mol. The van der Waals surface area contributed by atoms with Crippen LogP contribution in [-0.4, -0.2) is 21.7 Å². The number of aromatic nitrogens is 3. The van der Waals surface area contributed by atoms with Gasteiger partial charge in [0.2, 0.25) is 5.13 Å². The maximum Gasteiger partial charge on any atom is 0.206 e. The van der Waals surface area contributed by atoms with Crippen LogP contribution >= 0.6 is 22.7 Å². The zero-order chi connectivity index (χ0) is 13.8. The molecule has 0 saturated heterocycles. The number of aryl methyl sites for hydroxylation is 2. The Bertz CT molecular complexity index is 530. The molecule has 0 aromatic carbocycles. The monoisotopic (exact) mass is 296 g/mol. The Morgan fingerprint density at radius 3 is 2.68 bits per heavy atom. The van der Waals surface area contributed by atoms with Crippen LogP contribution < -0.4 is 5.32 Å². The molecular formula is C13H20N4S2. The first kappa shape index (κ1) is 14.4. The first-order valence-corrected chi connectivity index (χ1v) is 8.27. The summed E-state index contributed by atoms with van der Waals surface area (Å²) in [6, 6.07) is 0. The van der Waals surface area contributed by atoms with Crippen molar-refractivity contribution < 1.29 is 0 Å². The van der Waals surface area contributed by atoms with Gasteiger partial charge in [-0.3, -0.25) is 0 Å². The van der Waals surface area contributed by atoms with Crippen molar-refractivity contribution in [3.05, 3.63) is 10.7 Å². The van der Waals surface area contributed by atoms with E-state index in [1.165, 1.54) is 4.88 Å². The van der Waals surface area contributed by atoms with E-state index in [0.717, 1.165) is 40.2 Å². The summed E-state index contributed by atoms with van der Waals surface area (Å²) in [4.78, 5) is 5.79. The molecule has 1 N–H and O–H groups in total. The van der Waals surface area contributed by atoms with Crippen molar-refractivity contribution in [2.24, 2.45) is 5.92 Å². The molecule has 0 amide bonds. The Balaban J connectivity index is 2.17. The molecule has 6 heteroatoms. The van der Waals surface area contributed by atoms with Gasteiger partial charge in [0.05, 0.1) is 15.6 Å². The van der Waals surface area contributed by atoms with Gasteiger partial charge in [-0.25, -0.2) is 4.98 Å². The molecule has 0 unspecified atom stereocenters. The molecule has 0 spiro atoms. The molecule has 0 radical (unpaired) electrons. The summed E-state index contributed by atoms with van der Waals surface area (Å²) in [5, 5.41) is 14.8. The maximum absolute atomic E-state index is 4.60. The molecule has 2 rings (SSSR count). The number of rotatable bonds is 6. The fourth-order valence-electron chi connectivity index (χ4n) is 1.72. The van der Waals surface area contributed by atoms with Crippen molar-refractivity contribution in [1.82, 2.24) is 15.2 Å². The number of nitrogens with one attached hydrogen (secondary N) is 1. The molecule has 19 heavy (non-hydrogen) atoms. The minimum absolute atomic E-state index is 0.605. The number of anilines is 1. The van der Waals surface area contributed by atoms with Gasteiger partial charge < -0.3 is 5.32 Å². The molecule has 0 saturated carbocycles. The number of hydrogen-bond acceptors (Lipinski definition) is 6. The van der Waals surface area contributed by atoms with Crippen molar-refractivity contribution in [3.8, 4) is 9.88 Å². The van der Waals surface area contributed by atoms with Crippen LogP contribution in [0.4, 0.5) is 5.13 Å². The quantitative estimate of drug-likeness (QED) is 0.875. The topological polar surface area (TPSA) is 50.7 Å². The van der Waals surface area contributed by atoms with Gasteiger partial charge in [-0.2, -0.15) is 0 Å². The van der Waals surface area contributed by atoms with Crippen LogP contribution in [0.15, 0.2) is 0 Å². The third kappa shape index (κ3) is 3.73. The van der Waals surface area contributed by atoms with E-state index in [9.17, 15) is 0 Å². The first-order valence-electron chi connectivity index (χ1n) is 6.64. The normalized spacial score (nSPS) is 11.2. The van der Waals surface area contributed by atoms with E-state index in [1.54, 1.807) is 22.7 Å². The lowest BCUT2D eigenvalue weighted by molar-refractivity contribution is 0.687. The summed E-state index contributed by atoms with van der Waals surface area (Å²) < 4.78 is 0. The van der Waals surface area contributed by atoms with Crippen molar-refractivity contribution in [2.45, 2.75) is 40.5 Å². The maximum atomic E-state index is 4.60. The third-order valence-electron chi connectivity index (χ3n) is 2.57. The van der Waals surface area contributed by atoms with Gasteiger partial charge in [-0.05, 0) is 19.3 Å². The SMILES string of the molecule is CCCc1nc(C)sc1-c1nnc(NCC(C)C)s1. The zero-order valence-corrected chi connectivity index (χ0v) is 13.5. The molecule has 2 aromatic rings. The van der Waals surface area contributed by atoms with Crippen molar-refractivity contribution in [2.75, 3.05) is 11.9 Å². The highest BCUT2D eigenvalue weighted by Crippen LogP contribution is 2.34. The second-order valence-electron chi connectivity index (χ2n) is 4.95. The average Bonchev–Trinajstić information content (AvgIpc) is 2.94. The standard InChI is InChI=1S/C13H20N4S2/c1-5-6-10-11(18-9(4)15-10)12-16-17-13(19-12)14-7-8(2)3/h8H,5-7H2,1-4H3,(H,14,17). The van der Waals surface area contributed by atoms with Gasteiger partial charge in [0, 0.05) is 6.54 Å². The highest BCUT2D eigenvalue weighted by molar-refractivity contribution is 7.23. The Labute approximate surface area is 122 Å². The molecule has 0 aliphatic carbocycles. The lowest BCUT2D eigenvalue weighted by atomic mass is 10.2. The van der Waals surface area contributed by atoms with Crippen molar-refractivity contribution >= 4 is 27.8 Å². The van der Waals surface area contributed by atoms with Crippen molar-refractivity contribution in [3.63, 3.8) is 0 Å². The number of nitrogens with zero attached hydrogens (tertiary/aromatic N) is 3. The summed E-state index contributed by atoms with van der Waals surface area (Å²) in [7, 11) is 0. The van der Waals surface area contributed by atoms with Crippen LogP contribution in [0.1, 0.15) is 37.9 Å². The summed E-state index contributed by atoms with van der Waals surface area (Å²) in [6.07, 6.45) is 2.11. The summed E-state index contributed by atoms with van der Waals surface area (Å²) in [5.74, 6) is 0.605. The molecule has 104 valence electrons. The molecule has 2 heterocycles. The van der Waals surface area contributed by atoms with Gasteiger partial charge in [0.25, 0.3) is 0 Å². The summed E-state index contributed by atoms with van der Waals surface area (Å²) in [5.41, 5.74) is 1.16. The van der Waals surface area contributed by atoms with Crippen LogP contribution in [0.3, 0.4) is 0 Å². The van der Waals surface area contributed by atoms with Crippen LogP contribution in [0, 0.1) is 12.8 Å². The fourth-order valence-corrected chi connectivity index (χ4v) is 3.53. The van der Waals surface area contributed by atoms with E-state index in [1.807, 2.05) is 6.92 Å². The van der Waals surface area contributed by atoms with E-state index in [2.05, 4.69) is 41.3 Å². The minimum Gasteiger partial charge on any atom is -0.360 e. The number of hydrogen-bond donors (Lipinski definition) is 1. The lowest BCUT2D eigenvalue weighted by Crippen LogP contribution is -2.07. The van der Waals surface area contributed by atoms with Crippen LogP contribution in [0.25, 0.3) is 9.88 Å². The Morgan fingerprint density at radius 2 is 2.00 bits per heavy atom. The lowest BCUT2D eigenvalue weighted by Gasteiger charge is -2.03. The smallest absolute Gasteiger partial charge is 0.206 e. The van der Waals surface area contributed by atoms with E-state index in [4.69, 9.17) is 0 Å². The molecule has 0 fully saturated rings. The minimum atomic E-state index is 0.605. The van der Waals surface area contributed by atoms with Gasteiger partial charge in [-0.15, -0.1) is 21.5 Å². The second-order valence-corrected chi connectivity index (χ2v) is 7.13. The van der Waals surface area contributed by atoms with E-state index < -0.39 is 0 Å².